The Hall–Kier alpha value is -1.59. The molecule has 5 nitrogen and oxygen atoms in total. The standard InChI is InChI=1S/C18H27N3O2.ClH/c1-12(2)10-20-17(22)14-6-7-16(13(3)9-14)21-18(23)15-5-4-8-19-11-15;/h6-7,9,12,15,19H,4-5,8,10-11H2,1-3H3,(H,20,22)(H,21,23);1H. The van der Waals surface area contributed by atoms with E-state index in [1.807, 2.05) is 19.1 Å². The van der Waals surface area contributed by atoms with Crippen molar-refractivity contribution < 1.29 is 9.59 Å². The zero-order valence-electron chi connectivity index (χ0n) is 14.6. The van der Waals surface area contributed by atoms with E-state index in [0.717, 1.165) is 37.2 Å². The molecule has 0 saturated carbocycles. The predicted molar refractivity (Wildman–Crippen MR) is 99.8 cm³/mol. The lowest BCUT2D eigenvalue weighted by Crippen LogP contribution is -2.37. The van der Waals surface area contributed by atoms with Crippen LogP contribution in [-0.4, -0.2) is 31.4 Å². The van der Waals surface area contributed by atoms with Gasteiger partial charge in [-0.05, 0) is 56.0 Å². The number of halogens is 1. The van der Waals surface area contributed by atoms with Crippen LogP contribution in [-0.2, 0) is 4.79 Å². The van der Waals surface area contributed by atoms with Crippen molar-refractivity contribution in [2.75, 3.05) is 25.0 Å². The van der Waals surface area contributed by atoms with E-state index in [9.17, 15) is 9.59 Å². The van der Waals surface area contributed by atoms with Gasteiger partial charge in [0.05, 0.1) is 5.92 Å². The molecule has 1 unspecified atom stereocenters. The molecular formula is C18H28ClN3O2. The van der Waals surface area contributed by atoms with E-state index in [4.69, 9.17) is 0 Å². The van der Waals surface area contributed by atoms with Crippen LogP contribution < -0.4 is 16.0 Å². The molecule has 1 atom stereocenters. The maximum absolute atomic E-state index is 12.3. The second-order valence-corrected chi connectivity index (χ2v) is 6.67. The van der Waals surface area contributed by atoms with Gasteiger partial charge in [0.15, 0.2) is 0 Å². The predicted octanol–water partition coefficient (Wildman–Crippen LogP) is 2.74. The molecule has 6 heteroatoms. The minimum absolute atomic E-state index is 0. The summed E-state index contributed by atoms with van der Waals surface area (Å²) in [5, 5.41) is 9.14. The van der Waals surface area contributed by atoms with E-state index in [1.165, 1.54) is 0 Å². The highest BCUT2D eigenvalue weighted by Crippen LogP contribution is 2.19. The molecule has 3 N–H and O–H groups in total. The summed E-state index contributed by atoms with van der Waals surface area (Å²) in [5.41, 5.74) is 2.31. The first-order chi connectivity index (χ1) is 11.0. The molecule has 1 heterocycles. The molecule has 2 rings (SSSR count). The van der Waals surface area contributed by atoms with Crippen molar-refractivity contribution in [1.82, 2.24) is 10.6 Å². The van der Waals surface area contributed by atoms with E-state index in [-0.39, 0.29) is 30.1 Å². The van der Waals surface area contributed by atoms with Crippen LogP contribution in [0.4, 0.5) is 5.69 Å². The van der Waals surface area contributed by atoms with Crippen LogP contribution in [0.1, 0.15) is 42.6 Å². The lowest BCUT2D eigenvalue weighted by molar-refractivity contribution is -0.120. The number of hydrogen-bond donors (Lipinski definition) is 3. The molecule has 24 heavy (non-hydrogen) atoms. The molecule has 0 aromatic heterocycles. The number of carbonyl (C=O) groups excluding carboxylic acids is 2. The minimum Gasteiger partial charge on any atom is -0.352 e. The van der Waals surface area contributed by atoms with Gasteiger partial charge in [-0.1, -0.05) is 13.8 Å². The Labute approximate surface area is 150 Å². The smallest absolute Gasteiger partial charge is 0.251 e. The van der Waals surface area contributed by atoms with E-state index < -0.39 is 0 Å². The summed E-state index contributed by atoms with van der Waals surface area (Å²) in [6, 6.07) is 5.40. The Morgan fingerprint density at radius 3 is 2.67 bits per heavy atom. The quantitative estimate of drug-likeness (QED) is 0.762. The summed E-state index contributed by atoms with van der Waals surface area (Å²) in [4.78, 5) is 24.4. The maximum Gasteiger partial charge on any atom is 0.251 e. The summed E-state index contributed by atoms with van der Waals surface area (Å²) in [7, 11) is 0. The summed E-state index contributed by atoms with van der Waals surface area (Å²) in [6.07, 6.45) is 1.96. The van der Waals surface area contributed by atoms with Crippen molar-refractivity contribution in [3.05, 3.63) is 29.3 Å². The third-order valence-corrected chi connectivity index (χ3v) is 4.08. The molecule has 0 radical (unpaired) electrons. The summed E-state index contributed by atoms with van der Waals surface area (Å²) in [5.74, 6) is 0.424. The molecule has 1 aromatic rings. The zero-order chi connectivity index (χ0) is 16.8. The van der Waals surface area contributed by atoms with Gasteiger partial charge < -0.3 is 16.0 Å². The first-order valence-corrected chi connectivity index (χ1v) is 8.38. The average molecular weight is 354 g/mol. The highest BCUT2D eigenvalue weighted by molar-refractivity contribution is 5.97. The average Bonchev–Trinajstić information content (AvgIpc) is 2.55. The molecule has 1 aliphatic heterocycles. The van der Waals surface area contributed by atoms with Crippen LogP contribution >= 0.6 is 12.4 Å². The monoisotopic (exact) mass is 353 g/mol. The van der Waals surface area contributed by atoms with Crippen LogP contribution in [0.3, 0.4) is 0 Å². The zero-order valence-corrected chi connectivity index (χ0v) is 15.5. The third-order valence-electron chi connectivity index (χ3n) is 4.08. The molecule has 0 spiro atoms. The molecule has 1 saturated heterocycles. The molecular weight excluding hydrogens is 326 g/mol. The van der Waals surface area contributed by atoms with Crippen molar-refractivity contribution >= 4 is 29.9 Å². The van der Waals surface area contributed by atoms with Crippen molar-refractivity contribution in [1.29, 1.82) is 0 Å². The van der Waals surface area contributed by atoms with Gasteiger partial charge in [0.25, 0.3) is 5.91 Å². The minimum atomic E-state index is -0.0730. The van der Waals surface area contributed by atoms with Gasteiger partial charge >= 0.3 is 0 Å². The van der Waals surface area contributed by atoms with E-state index in [2.05, 4.69) is 29.8 Å². The summed E-state index contributed by atoms with van der Waals surface area (Å²) < 4.78 is 0. The van der Waals surface area contributed by atoms with Crippen LogP contribution in [0.2, 0.25) is 0 Å². The second-order valence-electron chi connectivity index (χ2n) is 6.67. The molecule has 134 valence electrons. The fraction of sp³-hybridized carbons (Fsp3) is 0.556. The Balaban J connectivity index is 0.00000288. The van der Waals surface area contributed by atoms with Gasteiger partial charge in [-0.25, -0.2) is 0 Å². The Morgan fingerprint density at radius 2 is 2.08 bits per heavy atom. The SMILES string of the molecule is Cc1cc(C(=O)NCC(C)C)ccc1NC(=O)C1CCCNC1.Cl. The summed E-state index contributed by atoms with van der Waals surface area (Å²) >= 11 is 0. The molecule has 1 aromatic carbocycles. The Kier molecular flexibility index (Phi) is 8.22. The highest BCUT2D eigenvalue weighted by atomic mass is 35.5. The van der Waals surface area contributed by atoms with E-state index >= 15 is 0 Å². The van der Waals surface area contributed by atoms with Crippen molar-refractivity contribution in [3.63, 3.8) is 0 Å². The Morgan fingerprint density at radius 1 is 1.33 bits per heavy atom. The van der Waals surface area contributed by atoms with Crippen molar-refractivity contribution in [2.24, 2.45) is 11.8 Å². The number of anilines is 1. The van der Waals surface area contributed by atoms with Gasteiger partial charge in [-0.15, -0.1) is 12.4 Å². The summed E-state index contributed by atoms with van der Waals surface area (Å²) in [6.45, 7) is 8.41. The maximum atomic E-state index is 12.3. The number of benzene rings is 1. The van der Waals surface area contributed by atoms with Crippen LogP contribution in [0.5, 0.6) is 0 Å². The number of hydrogen-bond acceptors (Lipinski definition) is 3. The number of carbonyl (C=O) groups is 2. The number of piperidine rings is 1. The topological polar surface area (TPSA) is 70.2 Å². The van der Waals surface area contributed by atoms with E-state index in [1.54, 1.807) is 6.07 Å². The number of amides is 2. The lowest BCUT2D eigenvalue weighted by atomic mass is 9.98. The van der Waals surface area contributed by atoms with Gasteiger partial charge in [0.2, 0.25) is 5.91 Å². The molecule has 0 bridgehead atoms. The first-order valence-electron chi connectivity index (χ1n) is 8.38. The highest BCUT2D eigenvalue weighted by Gasteiger charge is 2.21. The van der Waals surface area contributed by atoms with Crippen molar-refractivity contribution in [3.8, 4) is 0 Å². The van der Waals surface area contributed by atoms with Crippen LogP contribution in [0.15, 0.2) is 18.2 Å². The van der Waals surface area contributed by atoms with Gasteiger partial charge in [-0.3, -0.25) is 9.59 Å². The normalized spacial score (nSPS) is 17.1. The fourth-order valence-electron chi connectivity index (χ4n) is 2.65. The van der Waals surface area contributed by atoms with Crippen molar-refractivity contribution in [2.45, 2.75) is 33.6 Å². The van der Waals surface area contributed by atoms with Crippen LogP contribution in [0.25, 0.3) is 0 Å². The lowest BCUT2D eigenvalue weighted by Gasteiger charge is -2.22. The molecule has 0 aliphatic carbocycles. The van der Waals surface area contributed by atoms with Gasteiger partial charge in [0.1, 0.15) is 0 Å². The van der Waals surface area contributed by atoms with Gasteiger partial charge in [0, 0.05) is 24.3 Å². The Bertz CT molecular complexity index is 569. The second kappa shape index (κ2) is 9.64. The number of aryl methyl sites for hydroxylation is 1. The first kappa shape index (κ1) is 20.5. The van der Waals surface area contributed by atoms with Crippen LogP contribution in [0, 0.1) is 18.8 Å². The molecule has 1 aliphatic rings. The van der Waals surface area contributed by atoms with E-state index in [0.29, 0.717) is 18.0 Å². The fourth-order valence-corrected chi connectivity index (χ4v) is 2.65. The number of rotatable bonds is 5. The number of nitrogens with one attached hydrogen (secondary N) is 3. The largest absolute Gasteiger partial charge is 0.352 e. The molecule has 2 amide bonds. The molecule has 1 fully saturated rings. The third kappa shape index (κ3) is 5.80. The van der Waals surface area contributed by atoms with Gasteiger partial charge in [-0.2, -0.15) is 0 Å².